The van der Waals surface area contributed by atoms with Crippen LogP contribution in [0.5, 0.6) is 0 Å². The van der Waals surface area contributed by atoms with Gasteiger partial charge in [0, 0.05) is 0 Å². The Kier molecular flexibility index (Phi) is 20.5. The van der Waals surface area contributed by atoms with Gasteiger partial charge >= 0.3 is 21.7 Å². The third-order valence-corrected chi connectivity index (χ3v) is 16.9. The van der Waals surface area contributed by atoms with Crippen molar-refractivity contribution in [1.82, 2.24) is 0 Å². The molecule has 1 nitrogen and oxygen atoms in total. The predicted molar refractivity (Wildman–Crippen MR) is 251 cm³/mol. The Morgan fingerprint density at radius 1 is 0.274 bits per heavy atom. The zero-order valence-electron chi connectivity index (χ0n) is 44.2. The molecule has 0 N–H and O–H groups in total. The smallest absolute Gasteiger partial charge is 0.659 e. The maximum Gasteiger partial charge on any atom is 4.00 e. The van der Waals surface area contributed by atoms with E-state index < -0.39 is 228 Å². The molecular formula is C53H33BF27NSiTi+. The average Bonchev–Trinajstić information content (AvgIpc) is 3.60. The Balaban J connectivity index is 0.000000685. The van der Waals surface area contributed by atoms with E-state index in [1.807, 2.05) is 0 Å². The van der Waals surface area contributed by atoms with Gasteiger partial charge in [0.05, 0.1) is 22.8 Å². The molecule has 6 aromatic rings. The molecule has 0 spiro atoms. The van der Waals surface area contributed by atoms with E-state index in [9.17, 15) is 39.5 Å². The summed E-state index contributed by atoms with van der Waals surface area (Å²) < 4.78 is 414. The topological polar surface area (TPSA) is 14.1 Å². The summed E-state index contributed by atoms with van der Waals surface area (Å²) in [5, 5.41) is 0. The molecule has 6 aromatic carbocycles. The van der Waals surface area contributed by atoms with Gasteiger partial charge in [0.2, 0.25) is 17.5 Å². The van der Waals surface area contributed by atoms with Crippen LogP contribution in [0.1, 0.15) is 48.5 Å². The van der Waals surface area contributed by atoms with Gasteiger partial charge < -0.3 is 12.4 Å². The van der Waals surface area contributed by atoms with Crippen molar-refractivity contribution < 1.29 is 140 Å². The van der Waals surface area contributed by atoms with Crippen LogP contribution in [-0.2, 0) is 21.7 Å². The van der Waals surface area contributed by atoms with Gasteiger partial charge in [0.1, 0.15) is 17.5 Å². The third-order valence-electron chi connectivity index (χ3n) is 13.7. The van der Waals surface area contributed by atoms with Crippen LogP contribution in [0.2, 0.25) is 19.9 Å². The molecule has 0 unspecified atom stereocenters. The Morgan fingerprint density at radius 3 is 0.607 bits per heavy atom. The van der Waals surface area contributed by atoms with Crippen molar-refractivity contribution in [2.24, 2.45) is 0 Å². The van der Waals surface area contributed by atoms with E-state index in [4.69, 9.17) is 4.98 Å². The standard InChI is InChI=1S/C37H3BF27.C15H27NSi.CH3.Ti/c1-38(8-2(11(39)23(51)32(60)20(8)48)5-14(42)26(54)35(63)27(55)15(5)43,9-3(12(40)24(52)33(61)21(9)49)6-16(44)28(56)36(64)29(57)17(6)45)10-4(13(41)25(53)34(62)22(10)50)7-18(46)30(58)37(65)31(59)19(7)47;1-10-11(2)13(4)14(12(10)3)17(8,9)16-15(5,6)7;;/h1H3;1-9H3;1H3;/q3*-1;+4. The number of benzene rings is 6. The fourth-order valence-electron chi connectivity index (χ4n) is 10.2. The van der Waals surface area contributed by atoms with Gasteiger partial charge in [-0.05, 0) is 45.9 Å². The molecule has 1 saturated carbocycles. The van der Waals surface area contributed by atoms with E-state index in [0.29, 0.717) is 0 Å². The molecule has 1 aliphatic carbocycles. The molecule has 0 aliphatic heterocycles. The molecule has 5 radical (unpaired) electrons. The van der Waals surface area contributed by atoms with Crippen molar-refractivity contribution in [3.05, 3.63) is 199 Å². The Bertz CT molecular complexity index is 3250. The number of halogens is 27. The first kappa shape index (κ1) is 70.9. The van der Waals surface area contributed by atoms with Crippen LogP contribution >= 0.6 is 0 Å². The van der Waals surface area contributed by atoms with Crippen LogP contribution in [0.4, 0.5) is 119 Å². The maximum absolute atomic E-state index is 16.7. The van der Waals surface area contributed by atoms with Gasteiger partial charge in [-0.15, -0.1) is 5.54 Å². The summed E-state index contributed by atoms with van der Waals surface area (Å²) >= 11 is 0. The van der Waals surface area contributed by atoms with Crippen LogP contribution < -0.4 is 16.4 Å². The van der Waals surface area contributed by atoms with Crippen molar-refractivity contribution in [2.45, 2.75) is 73.9 Å². The van der Waals surface area contributed by atoms with Crippen LogP contribution in [0.15, 0.2) is 0 Å². The van der Waals surface area contributed by atoms with Crippen molar-refractivity contribution in [3.8, 4) is 33.4 Å². The monoisotopic (exact) mass is 1280 g/mol. The van der Waals surface area contributed by atoms with Crippen LogP contribution in [0.25, 0.3) is 38.4 Å². The van der Waals surface area contributed by atoms with E-state index in [0.717, 1.165) is 0 Å². The summed E-state index contributed by atoms with van der Waals surface area (Å²) in [5.74, 6) is -90.9. The molecule has 84 heavy (non-hydrogen) atoms. The molecular weight excluding hydrogens is 1250 g/mol. The molecule has 0 aromatic heterocycles. The van der Waals surface area contributed by atoms with E-state index in [1.54, 1.807) is 5.54 Å². The van der Waals surface area contributed by atoms with E-state index in [-0.39, 0.29) is 34.7 Å². The number of nitrogens with zero attached hydrogens (tertiary/aromatic N) is 1. The predicted octanol–water partition coefficient (Wildman–Crippen LogP) is 16.9. The van der Waals surface area contributed by atoms with Gasteiger partial charge in [0.25, 0.3) is 0 Å². The summed E-state index contributed by atoms with van der Waals surface area (Å²) in [5.41, 5.74) is -29.0. The minimum Gasteiger partial charge on any atom is -0.659 e. The van der Waals surface area contributed by atoms with Crippen molar-refractivity contribution in [1.29, 1.82) is 0 Å². The van der Waals surface area contributed by atoms with Gasteiger partial charge in [-0.2, -0.15) is 23.2 Å². The first-order valence-corrected chi connectivity index (χ1v) is 25.7. The molecule has 0 heterocycles. The molecule has 1 fully saturated rings. The molecule has 0 atom stereocenters. The van der Waals surface area contributed by atoms with Crippen molar-refractivity contribution in [3.63, 3.8) is 0 Å². The first-order valence-electron chi connectivity index (χ1n) is 22.7. The second kappa shape index (κ2) is 24.3. The number of rotatable bonds is 8. The number of hydrogen-bond acceptors (Lipinski definition) is 0. The molecule has 449 valence electrons. The average molecular weight is 1280 g/mol. The van der Waals surface area contributed by atoms with Crippen molar-refractivity contribution in [2.75, 3.05) is 0 Å². The SMILES string of the molecule is C[B-](c1c(F)c(F)c(F)c(F)c1-c1c(F)c(F)c(F)c(F)c1F)(c1c(F)c(F)c(F)c(F)c1-c1c(F)c(F)c(F)c(F)c1F)c1c(F)c(F)c(F)c(F)c1-c1c(F)c(F)c(F)c(F)c1F.C[C]1[C](C)[C](C)[C]([Si](C)(C)[N-]C(C)(C)C)[C]1C.[CH3-].[Ti+4]. The van der Waals surface area contributed by atoms with E-state index in [2.05, 4.69) is 61.6 Å². The molecule has 31 heteroatoms. The molecule has 1 aliphatic rings. The quantitative estimate of drug-likeness (QED) is 0.0474. The minimum atomic E-state index is -6.89. The molecule has 7 rings (SSSR count). The van der Waals surface area contributed by atoms with Crippen LogP contribution in [-0.4, -0.2) is 19.9 Å². The normalized spacial score (nSPS) is 14.1. The Morgan fingerprint density at radius 2 is 0.429 bits per heavy atom. The van der Waals surface area contributed by atoms with E-state index in [1.165, 1.54) is 23.7 Å². The van der Waals surface area contributed by atoms with Crippen LogP contribution in [0.3, 0.4) is 0 Å². The summed E-state index contributed by atoms with van der Waals surface area (Å²) in [4.78, 5) is 5.13. The second-order valence-electron chi connectivity index (χ2n) is 20.0. The fraction of sp³-hybridized carbons (Fsp3) is 0.208. The van der Waals surface area contributed by atoms with Crippen LogP contribution in [0, 0.1) is 194 Å². The second-order valence-corrected chi connectivity index (χ2v) is 23.8. The van der Waals surface area contributed by atoms with Gasteiger partial charge in [-0.25, -0.2) is 119 Å². The summed E-state index contributed by atoms with van der Waals surface area (Å²) in [6.45, 7) is 19.5. The molecule has 0 bridgehead atoms. The summed E-state index contributed by atoms with van der Waals surface area (Å²) in [7, 11) is -1.69. The minimum absolute atomic E-state index is 0. The number of hydrogen-bond donors (Lipinski definition) is 0. The van der Waals surface area contributed by atoms with Gasteiger partial charge in [0.15, 0.2) is 122 Å². The van der Waals surface area contributed by atoms with Crippen molar-refractivity contribution >= 4 is 30.8 Å². The van der Waals surface area contributed by atoms with Gasteiger partial charge in [-0.1, -0.05) is 69.8 Å². The maximum atomic E-state index is 16.7. The fourth-order valence-corrected chi connectivity index (χ4v) is 14.2. The van der Waals surface area contributed by atoms with Gasteiger partial charge in [-0.3, -0.25) is 0 Å². The summed E-state index contributed by atoms with van der Waals surface area (Å²) in [6, 6.07) is 0. The molecule has 0 saturated heterocycles. The Labute approximate surface area is 475 Å². The zero-order valence-corrected chi connectivity index (χ0v) is 46.8. The molecule has 0 amide bonds. The largest absolute Gasteiger partial charge is 4.00 e. The first-order chi connectivity index (χ1) is 37.4. The third kappa shape index (κ3) is 10.8. The van der Waals surface area contributed by atoms with E-state index >= 15 is 79.0 Å². The summed E-state index contributed by atoms with van der Waals surface area (Å²) in [6.07, 6.45) is -6.89. The zero-order chi connectivity index (χ0) is 62.9. The Hall–Kier alpha value is -5.61.